The minimum absolute atomic E-state index is 0.0227. The maximum Gasteiger partial charge on any atom is 0.269 e. The van der Waals surface area contributed by atoms with Crippen LogP contribution >= 0.6 is 11.3 Å². The molecule has 0 saturated heterocycles. The van der Waals surface area contributed by atoms with E-state index in [1.165, 1.54) is 23.5 Å². The van der Waals surface area contributed by atoms with Gasteiger partial charge < -0.3 is 0 Å². The number of nitro groups is 1. The monoisotopic (exact) mass is 361 g/mol. The molecule has 1 heterocycles. The van der Waals surface area contributed by atoms with Gasteiger partial charge in [0.05, 0.1) is 16.2 Å². The van der Waals surface area contributed by atoms with Gasteiger partial charge in [-0.05, 0) is 30.2 Å². The summed E-state index contributed by atoms with van der Waals surface area (Å²) in [6.45, 7) is 2.07. The van der Waals surface area contributed by atoms with Gasteiger partial charge in [0.2, 0.25) is 0 Å². The highest BCUT2D eigenvalue weighted by molar-refractivity contribution is 7.13. The highest BCUT2D eigenvalue weighted by atomic mass is 32.1. The first-order valence-electron chi connectivity index (χ1n) is 8.04. The number of aryl methyl sites for hydroxylation is 1. The number of nitriles is 1. The first-order chi connectivity index (χ1) is 12.6. The number of thiazole rings is 1. The maximum atomic E-state index is 10.7. The highest BCUT2D eigenvalue weighted by Gasteiger charge is 2.15. The van der Waals surface area contributed by atoms with Gasteiger partial charge in [0.15, 0.2) is 0 Å². The van der Waals surface area contributed by atoms with Crippen LogP contribution in [0.5, 0.6) is 0 Å². The summed E-state index contributed by atoms with van der Waals surface area (Å²) in [6.07, 6.45) is 2.54. The van der Waals surface area contributed by atoms with Crippen LogP contribution in [0, 0.1) is 21.4 Å². The van der Waals surface area contributed by atoms with Crippen LogP contribution in [0.1, 0.15) is 22.4 Å². The SMILES string of the molecule is CCc1sc(/C(C#N)=C/c2ccc([N+](=O)[O-])cc2)nc1-c1ccccc1. The lowest BCUT2D eigenvalue weighted by atomic mass is 10.1. The molecule has 0 fully saturated rings. The number of aromatic nitrogens is 1. The number of non-ortho nitro benzene ring substituents is 1. The summed E-state index contributed by atoms with van der Waals surface area (Å²) in [5.41, 5.74) is 3.12. The van der Waals surface area contributed by atoms with Crippen molar-refractivity contribution in [2.75, 3.05) is 0 Å². The first kappa shape index (κ1) is 17.5. The molecule has 0 aliphatic rings. The van der Waals surface area contributed by atoms with E-state index in [4.69, 9.17) is 0 Å². The molecule has 2 aromatic carbocycles. The van der Waals surface area contributed by atoms with Crippen LogP contribution in [0.15, 0.2) is 54.6 Å². The van der Waals surface area contributed by atoms with Crippen molar-refractivity contribution < 1.29 is 4.92 Å². The number of hydrogen-bond donors (Lipinski definition) is 0. The molecule has 0 N–H and O–H groups in total. The highest BCUT2D eigenvalue weighted by Crippen LogP contribution is 2.32. The Bertz CT molecular complexity index is 1000. The molecule has 3 rings (SSSR count). The lowest BCUT2D eigenvalue weighted by Crippen LogP contribution is -1.87. The summed E-state index contributed by atoms with van der Waals surface area (Å²) in [5.74, 6) is 0. The Morgan fingerprint density at radius 2 is 1.92 bits per heavy atom. The molecule has 5 nitrogen and oxygen atoms in total. The van der Waals surface area contributed by atoms with Crippen LogP contribution in [0.4, 0.5) is 5.69 Å². The van der Waals surface area contributed by atoms with Gasteiger partial charge in [-0.1, -0.05) is 37.3 Å². The zero-order valence-electron chi connectivity index (χ0n) is 14.0. The standard InChI is InChI=1S/C20H15N3O2S/c1-2-18-19(15-6-4-3-5-7-15)22-20(26-18)16(13-21)12-14-8-10-17(11-9-14)23(24)25/h3-12H,2H2,1H3/b16-12+. The number of nitro benzene ring substituents is 1. The molecule has 0 aliphatic carbocycles. The van der Waals surface area contributed by atoms with E-state index < -0.39 is 4.92 Å². The van der Waals surface area contributed by atoms with Crippen LogP contribution in [-0.4, -0.2) is 9.91 Å². The average molecular weight is 361 g/mol. The summed E-state index contributed by atoms with van der Waals surface area (Å²) >= 11 is 1.50. The molecule has 128 valence electrons. The number of rotatable bonds is 5. The van der Waals surface area contributed by atoms with Crippen molar-refractivity contribution in [2.45, 2.75) is 13.3 Å². The Morgan fingerprint density at radius 1 is 1.23 bits per heavy atom. The summed E-state index contributed by atoms with van der Waals surface area (Å²) in [7, 11) is 0. The van der Waals surface area contributed by atoms with E-state index in [2.05, 4.69) is 18.0 Å². The van der Waals surface area contributed by atoms with E-state index in [1.807, 2.05) is 30.3 Å². The summed E-state index contributed by atoms with van der Waals surface area (Å²) in [5, 5.41) is 21.0. The van der Waals surface area contributed by atoms with Crippen LogP contribution in [0.2, 0.25) is 0 Å². The van der Waals surface area contributed by atoms with Crippen LogP contribution in [0.25, 0.3) is 22.9 Å². The molecule has 6 heteroatoms. The Labute approximate surface area is 155 Å². The van der Waals surface area contributed by atoms with Crippen molar-refractivity contribution in [3.8, 4) is 17.3 Å². The number of nitrogens with zero attached hydrogens (tertiary/aromatic N) is 3. The molecule has 0 aliphatic heterocycles. The van der Waals surface area contributed by atoms with E-state index in [0.29, 0.717) is 10.6 Å². The molecular formula is C20H15N3O2S. The lowest BCUT2D eigenvalue weighted by molar-refractivity contribution is -0.384. The van der Waals surface area contributed by atoms with Crippen molar-refractivity contribution in [1.29, 1.82) is 5.26 Å². The van der Waals surface area contributed by atoms with Gasteiger partial charge in [-0.3, -0.25) is 10.1 Å². The number of allylic oxidation sites excluding steroid dienone is 1. The van der Waals surface area contributed by atoms with Gasteiger partial charge in [0, 0.05) is 22.6 Å². The fourth-order valence-corrected chi connectivity index (χ4v) is 3.52. The van der Waals surface area contributed by atoms with Crippen molar-refractivity contribution in [2.24, 2.45) is 0 Å². The Morgan fingerprint density at radius 3 is 2.50 bits per heavy atom. The molecular weight excluding hydrogens is 346 g/mol. The van der Waals surface area contributed by atoms with Crippen LogP contribution < -0.4 is 0 Å². The second kappa shape index (κ2) is 7.72. The fourth-order valence-electron chi connectivity index (χ4n) is 2.53. The predicted octanol–water partition coefficient (Wildman–Crippen LogP) is 5.34. The third-order valence-electron chi connectivity index (χ3n) is 3.83. The normalized spacial score (nSPS) is 11.2. The smallest absolute Gasteiger partial charge is 0.258 e. The van der Waals surface area contributed by atoms with Crippen LogP contribution in [-0.2, 0) is 6.42 Å². The van der Waals surface area contributed by atoms with Crippen molar-refractivity contribution in [1.82, 2.24) is 4.98 Å². The van der Waals surface area contributed by atoms with Gasteiger partial charge in [-0.2, -0.15) is 5.26 Å². The third kappa shape index (κ3) is 3.68. The van der Waals surface area contributed by atoms with Gasteiger partial charge in [-0.25, -0.2) is 4.98 Å². The van der Waals surface area contributed by atoms with E-state index >= 15 is 0 Å². The minimum Gasteiger partial charge on any atom is -0.258 e. The van der Waals surface area contributed by atoms with Gasteiger partial charge >= 0.3 is 0 Å². The molecule has 0 bridgehead atoms. The minimum atomic E-state index is -0.445. The van der Waals surface area contributed by atoms with Crippen LogP contribution in [0.3, 0.4) is 0 Å². The zero-order chi connectivity index (χ0) is 18.5. The lowest BCUT2D eigenvalue weighted by Gasteiger charge is -1.98. The van der Waals surface area contributed by atoms with E-state index in [-0.39, 0.29) is 5.69 Å². The first-order valence-corrected chi connectivity index (χ1v) is 8.85. The quantitative estimate of drug-likeness (QED) is 0.349. The second-order valence-electron chi connectivity index (χ2n) is 5.53. The Kier molecular flexibility index (Phi) is 5.20. The Balaban J connectivity index is 1.99. The topological polar surface area (TPSA) is 79.8 Å². The van der Waals surface area contributed by atoms with Crippen molar-refractivity contribution >= 4 is 28.7 Å². The predicted molar refractivity (Wildman–Crippen MR) is 104 cm³/mol. The second-order valence-corrected chi connectivity index (χ2v) is 6.61. The van der Waals surface area contributed by atoms with E-state index in [1.54, 1.807) is 18.2 Å². The van der Waals surface area contributed by atoms with Crippen molar-refractivity contribution in [3.63, 3.8) is 0 Å². The Hall–Kier alpha value is -3.30. The van der Waals surface area contributed by atoms with Gasteiger partial charge in [0.1, 0.15) is 11.1 Å². The van der Waals surface area contributed by atoms with Gasteiger partial charge in [-0.15, -0.1) is 11.3 Å². The maximum absolute atomic E-state index is 10.7. The third-order valence-corrected chi connectivity index (χ3v) is 5.06. The molecule has 3 aromatic rings. The molecule has 0 unspecified atom stereocenters. The molecule has 0 atom stereocenters. The number of benzene rings is 2. The molecule has 1 aromatic heterocycles. The summed E-state index contributed by atoms with van der Waals surface area (Å²) < 4.78 is 0. The fraction of sp³-hybridized carbons (Fsp3) is 0.100. The largest absolute Gasteiger partial charge is 0.269 e. The van der Waals surface area contributed by atoms with Crippen molar-refractivity contribution in [3.05, 3.63) is 80.2 Å². The van der Waals surface area contributed by atoms with E-state index in [9.17, 15) is 15.4 Å². The molecule has 0 amide bonds. The summed E-state index contributed by atoms with van der Waals surface area (Å²) in [4.78, 5) is 16.1. The zero-order valence-corrected chi connectivity index (χ0v) is 14.9. The van der Waals surface area contributed by atoms with E-state index in [0.717, 1.165) is 28.1 Å². The molecule has 0 spiro atoms. The summed E-state index contributed by atoms with van der Waals surface area (Å²) in [6, 6.07) is 18.2. The molecule has 0 radical (unpaired) electrons. The average Bonchev–Trinajstić information content (AvgIpc) is 3.11. The molecule has 26 heavy (non-hydrogen) atoms. The van der Waals surface area contributed by atoms with Gasteiger partial charge in [0.25, 0.3) is 5.69 Å². The molecule has 0 saturated carbocycles. The number of hydrogen-bond acceptors (Lipinski definition) is 5.